The van der Waals surface area contributed by atoms with E-state index < -0.39 is 23.1 Å². The normalized spacial score (nSPS) is 11.4. The summed E-state index contributed by atoms with van der Waals surface area (Å²) in [5.74, 6) is -2.04. The molecule has 0 aliphatic heterocycles. The van der Waals surface area contributed by atoms with Crippen LogP contribution in [0.1, 0.15) is 29.8 Å². The number of hydrogen-bond donors (Lipinski definition) is 3. The van der Waals surface area contributed by atoms with Crippen molar-refractivity contribution in [2.45, 2.75) is 19.4 Å². The molecule has 0 unspecified atom stereocenters. The number of thiophene rings is 1. The Kier molecular flexibility index (Phi) is 5.92. The molecule has 33 heavy (non-hydrogen) atoms. The molecule has 1 amide bonds. The molecule has 9 heteroatoms. The summed E-state index contributed by atoms with van der Waals surface area (Å²) in [4.78, 5) is 20.8. The fourth-order valence-corrected chi connectivity index (χ4v) is 4.37. The molecule has 0 fully saturated rings. The number of carbonyl (C=O) groups excluding carboxylic acids is 1. The number of aromatic nitrogens is 2. The summed E-state index contributed by atoms with van der Waals surface area (Å²) in [6.45, 7) is 2.87. The molecule has 0 aliphatic rings. The van der Waals surface area contributed by atoms with Gasteiger partial charge in [0.15, 0.2) is 0 Å². The molecule has 0 bridgehead atoms. The van der Waals surface area contributed by atoms with Crippen molar-refractivity contribution < 1.29 is 18.7 Å². The number of amides is 1. The van der Waals surface area contributed by atoms with Gasteiger partial charge in [-0.3, -0.25) is 9.78 Å². The second-order valence-electron chi connectivity index (χ2n) is 7.87. The monoisotopic (exact) mass is 466 g/mol. The number of benzene rings is 1. The second kappa shape index (κ2) is 8.68. The number of nitrogens with zero attached hydrogens (tertiary/aromatic N) is 2. The van der Waals surface area contributed by atoms with E-state index in [2.05, 4.69) is 15.3 Å². The Morgan fingerprint density at radius 1 is 1.12 bits per heavy atom. The molecule has 1 aromatic carbocycles. The largest absolute Gasteiger partial charge is 0.386 e. The second-order valence-corrected chi connectivity index (χ2v) is 8.92. The molecule has 4 aromatic rings. The van der Waals surface area contributed by atoms with E-state index >= 15 is 0 Å². The third-order valence-electron chi connectivity index (χ3n) is 4.94. The van der Waals surface area contributed by atoms with Crippen molar-refractivity contribution in [2.75, 3.05) is 5.32 Å². The molecule has 3 aromatic heterocycles. The molecule has 0 aliphatic carbocycles. The average molecular weight is 467 g/mol. The van der Waals surface area contributed by atoms with Crippen LogP contribution < -0.4 is 11.1 Å². The van der Waals surface area contributed by atoms with Gasteiger partial charge < -0.3 is 16.2 Å². The van der Waals surface area contributed by atoms with Gasteiger partial charge in [0.05, 0.1) is 22.4 Å². The quantitative estimate of drug-likeness (QED) is 0.362. The molecule has 0 spiro atoms. The van der Waals surface area contributed by atoms with Gasteiger partial charge in [-0.05, 0) is 61.9 Å². The van der Waals surface area contributed by atoms with E-state index in [9.17, 15) is 18.7 Å². The third kappa shape index (κ3) is 4.74. The van der Waals surface area contributed by atoms with E-state index in [1.807, 2.05) is 12.1 Å². The minimum absolute atomic E-state index is 0.0777. The van der Waals surface area contributed by atoms with Gasteiger partial charge in [-0.1, -0.05) is 6.07 Å². The van der Waals surface area contributed by atoms with E-state index in [-0.39, 0.29) is 21.6 Å². The van der Waals surface area contributed by atoms with Crippen molar-refractivity contribution >= 4 is 28.1 Å². The van der Waals surface area contributed by atoms with Crippen LogP contribution in [0.3, 0.4) is 0 Å². The van der Waals surface area contributed by atoms with Crippen LogP contribution in [0, 0.1) is 11.6 Å². The molecule has 0 atom stereocenters. The highest BCUT2D eigenvalue weighted by atomic mass is 32.1. The molecular weight excluding hydrogens is 446 g/mol. The first kappa shape index (κ1) is 22.5. The zero-order valence-electron chi connectivity index (χ0n) is 17.8. The van der Waals surface area contributed by atoms with Gasteiger partial charge in [0, 0.05) is 22.8 Å². The zero-order valence-corrected chi connectivity index (χ0v) is 18.6. The molecule has 6 nitrogen and oxygen atoms in total. The van der Waals surface area contributed by atoms with Crippen molar-refractivity contribution in [1.82, 2.24) is 9.97 Å². The SMILES string of the molecule is CC(C)(O)c1cc(F)c(-c2cc(C(N)=O)c(Nc3cccc(-c4cccnc4)n3)s2)c(F)c1. The average Bonchev–Trinajstić information content (AvgIpc) is 3.17. The number of rotatable bonds is 6. The highest BCUT2D eigenvalue weighted by Crippen LogP contribution is 2.40. The van der Waals surface area contributed by atoms with Crippen molar-refractivity contribution in [2.24, 2.45) is 5.73 Å². The topological polar surface area (TPSA) is 101 Å². The van der Waals surface area contributed by atoms with Crippen LogP contribution in [0.25, 0.3) is 21.7 Å². The minimum atomic E-state index is -1.41. The van der Waals surface area contributed by atoms with Crippen LogP contribution in [0.2, 0.25) is 0 Å². The minimum Gasteiger partial charge on any atom is -0.386 e. The molecule has 0 radical (unpaired) electrons. The van der Waals surface area contributed by atoms with E-state index in [4.69, 9.17) is 5.73 Å². The standard InChI is InChI=1S/C24H20F2N4O2S/c1-24(2,32)14-9-16(25)21(17(26)10-14)19-11-15(22(27)31)23(33-19)30-20-7-3-6-18(29-20)13-5-4-8-28-12-13/h3-12,32H,1-2H3,(H2,27,31)(H,29,30). The summed E-state index contributed by atoms with van der Waals surface area (Å²) >= 11 is 0.972. The van der Waals surface area contributed by atoms with Gasteiger partial charge in [0.1, 0.15) is 22.5 Å². The number of pyridine rings is 2. The first-order chi connectivity index (χ1) is 15.6. The number of hydrogen-bond acceptors (Lipinski definition) is 6. The number of primary amides is 1. The van der Waals surface area contributed by atoms with Crippen molar-refractivity contribution in [1.29, 1.82) is 0 Å². The molecular formula is C24H20F2N4O2S. The van der Waals surface area contributed by atoms with Gasteiger partial charge in [-0.15, -0.1) is 11.3 Å². The Morgan fingerprint density at radius 3 is 2.45 bits per heavy atom. The number of nitrogens with two attached hydrogens (primary N) is 1. The fourth-order valence-electron chi connectivity index (χ4n) is 3.25. The van der Waals surface area contributed by atoms with Crippen LogP contribution in [0.4, 0.5) is 19.6 Å². The van der Waals surface area contributed by atoms with Crippen molar-refractivity contribution in [3.63, 3.8) is 0 Å². The van der Waals surface area contributed by atoms with Crippen LogP contribution >= 0.6 is 11.3 Å². The Labute approximate surface area is 192 Å². The molecule has 4 rings (SSSR count). The number of halogens is 2. The lowest BCUT2D eigenvalue weighted by Gasteiger charge is -2.18. The zero-order chi connectivity index (χ0) is 23.8. The third-order valence-corrected chi connectivity index (χ3v) is 6.01. The maximum absolute atomic E-state index is 14.8. The molecule has 3 heterocycles. The summed E-state index contributed by atoms with van der Waals surface area (Å²) < 4.78 is 29.7. The first-order valence-electron chi connectivity index (χ1n) is 9.94. The van der Waals surface area contributed by atoms with Gasteiger partial charge in [-0.25, -0.2) is 13.8 Å². The van der Waals surface area contributed by atoms with E-state index in [1.54, 1.807) is 30.6 Å². The van der Waals surface area contributed by atoms with Gasteiger partial charge in [0.25, 0.3) is 5.91 Å². The predicted molar refractivity (Wildman–Crippen MR) is 124 cm³/mol. The Hall–Kier alpha value is -3.69. The number of anilines is 2. The van der Waals surface area contributed by atoms with Crippen LogP contribution in [-0.4, -0.2) is 21.0 Å². The van der Waals surface area contributed by atoms with E-state index in [0.29, 0.717) is 16.5 Å². The summed E-state index contributed by atoms with van der Waals surface area (Å²) in [5.41, 5.74) is 5.44. The van der Waals surface area contributed by atoms with Crippen LogP contribution in [0.5, 0.6) is 0 Å². The van der Waals surface area contributed by atoms with E-state index in [0.717, 1.165) is 29.0 Å². The van der Waals surface area contributed by atoms with Gasteiger partial charge in [0.2, 0.25) is 0 Å². The Morgan fingerprint density at radius 2 is 1.85 bits per heavy atom. The lowest BCUT2D eigenvalue weighted by atomic mass is 9.96. The van der Waals surface area contributed by atoms with Crippen molar-refractivity contribution in [3.8, 4) is 21.7 Å². The smallest absolute Gasteiger partial charge is 0.251 e. The van der Waals surface area contributed by atoms with E-state index in [1.165, 1.54) is 19.9 Å². The summed E-state index contributed by atoms with van der Waals surface area (Å²) in [5, 5.41) is 13.4. The predicted octanol–water partition coefficient (Wildman–Crippen LogP) is 5.22. The molecule has 168 valence electrons. The fraction of sp³-hybridized carbons (Fsp3) is 0.125. The highest BCUT2D eigenvalue weighted by Gasteiger charge is 2.24. The molecule has 4 N–H and O–H groups in total. The number of carbonyl (C=O) groups is 1. The summed E-state index contributed by atoms with van der Waals surface area (Å²) in [7, 11) is 0. The first-order valence-corrected chi connectivity index (χ1v) is 10.8. The summed E-state index contributed by atoms with van der Waals surface area (Å²) in [6.07, 6.45) is 3.33. The maximum Gasteiger partial charge on any atom is 0.251 e. The number of aliphatic hydroxyl groups is 1. The molecule has 0 saturated carbocycles. The van der Waals surface area contributed by atoms with Crippen LogP contribution in [0.15, 0.2) is 60.9 Å². The van der Waals surface area contributed by atoms with Gasteiger partial charge >= 0.3 is 0 Å². The molecule has 0 saturated heterocycles. The highest BCUT2D eigenvalue weighted by molar-refractivity contribution is 7.20. The lowest BCUT2D eigenvalue weighted by molar-refractivity contribution is 0.0778. The Balaban J connectivity index is 1.73. The van der Waals surface area contributed by atoms with Crippen LogP contribution in [-0.2, 0) is 5.60 Å². The number of nitrogens with one attached hydrogen (secondary N) is 1. The summed E-state index contributed by atoms with van der Waals surface area (Å²) in [6, 6.07) is 12.4. The lowest BCUT2D eigenvalue weighted by Crippen LogP contribution is -2.16. The van der Waals surface area contributed by atoms with Crippen molar-refractivity contribution in [3.05, 3.63) is 83.7 Å². The van der Waals surface area contributed by atoms with Gasteiger partial charge in [-0.2, -0.15) is 0 Å². The maximum atomic E-state index is 14.8. The Bertz CT molecular complexity index is 1310.